The normalized spacial score (nSPS) is 21.8. The second kappa shape index (κ2) is 3.17. The number of carbonyl (C=O) groups is 1. The van der Waals surface area contributed by atoms with Crippen molar-refractivity contribution in [3.05, 3.63) is 42.0 Å². The number of allylic oxidation sites excluding steroid dienone is 2. The number of ketones is 1. The van der Waals surface area contributed by atoms with Crippen molar-refractivity contribution in [3.8, 4) is 0 Å². The molecule has 1 aromatic carbocycles. The monoisotopic (exact) mass is 172 g/mol. The van der Waals surface area contributed by atoms with Crippen LogP contribution in [0.15, 0.2) is 36.4 Å². The van der Waals surface area contributed by atoms with Gasteiger partial charge in [-0.3, -0.25) is 4.79 Å². The van der Waals surface area contributed by atoms with Gasteiger partial charge in [0.1, 0.15) is 0 Å². The van der Waals surface area contributed by atoms with E-state index >= 15 is 0 Å². The van der Waals surface area contributed by atoms with Crippen molar-refractivity contribution in [1.82, 2.24) is 0 Å². The lowest BCUT2D eigenvalue weighted by atomic mass is 10.0. The van der Waals surface area contributed by atoms with Crippen LogP contribution in [0.5, 0.6) is 0 Å². The molecule has 66 valence electrons. The van der Waals surface area contributed by atoms with Gasteiger partial charge in [0.25, 0.3) is 0 Å². The summed E-state index contributed by atoms with van der Waals surface area (Å²) < 4.78 is 0. The highest BCUT2D eigenvalue weighted by atomic mass is 16.1. The number of hydrogen-bond acceptors (Lipinski definition) is 1. The van der Waals surface area contributed by atoms with Crippen LogP contribution in [0.2, 0.25) is 0 Å². The van der Waals surface area contributed by atoms with Crippen molar-refractivity contribution in [3.63, 3.8) is 0 Å². The van der Waals surface area contributed by atoms with Crippen LogP contribution in [0.4, 0.5) is 0 Å². The number of rotatable bonds is 1. The quantitative estimate of drug-likeness (QED) is 0.636. The molecule has 1 nitrogen and oxygen atoms in total. The van der Waals surface area contributed by atoms with Crippen LogP contribution in [0.25, 0.3) is 5.57 Å². The van der Waals surface area contributed by atoms with Gasteiger partial charge in [-0.25, -0.2) is 0 Å². The molecule has 0 amide bonds. The minimum atomic E-state index is 0.176. The maximum Gasteiger partial charge on any atom is 0.159 e. The van der Waals surface area contributed by atoms with E-state index in [9.17, 15) is 4.79 Å². The lowest BCUT2D eigenvalue weighted by Gasteiger charge is -2.01. The highest BCUT2D eigenvalue weighted by Gasteiger charge is 2.21. The highest BCUT2D eigenvalue weighted by molar-refractivity contribution is 6.03. The summed E-state index contributed by atoms with van der Waals surface area (Å²) in [6.07, 6.45) is 2.67. The topological polar surface area (TPSA) is 17.1 Å². The zero-order valence-electron chi connectivity index (χ0n) is 7.66. The summed E-state index contributed by atoms with van der Waals surface area (Å²) >= 11 is 0. The lowest BCUT2D eigenvalue weighted by Crippen LogP contribution is -1.99. The Bertz CT molecular complexity index is 349. The Morgan fingerprint density at radius 2 is 1.92 bits per heavy atom. The highest BCUT2D eigenvalue weighted by Crippen LogP contribution is 2.29. The van der Waals surface area contributed by atoms with E-state index in [4.69, 9.17) is 0 Å². The first-order valence-electron chi connectivity index (χ1n) is 4.57. The first-order chi connectivity index (χ1) is 6.27. The second-order valence-corrected chi connectivity index (χ2v) is 3.54. The van der Waals surface area contributed by atoms with Gasteiger partial charge in [-0.2, -0.15) is 0 Å². The average Bonchev–Trinajstić information content (AvgIpc) is 2.49. The van der Waals surface area contributed by atoms with E-state index in [1.54, 1.807) is 6.08 Å². The van der Waals surface area contributed by atoms with Gasteiger partial charge < -0.3 is 0 Å². The number of hydrogen-bond donors (Lipinski definition) is 0. The molecule has 1 aliphatic rings. The third-order valence-corrected chi connectivity index (χ3v) is 2.47. The molecule has 0 aromatic heterocycles. The zero-order chi connectivity index (χ0) is 9.26. The first-order valence-corrected chi connectivity index (χ1v) is 4.57. The van der Waals surface area contributed by atoms with Gasteiger partial charge in [-0.1, -0.05) is 37.3 Å². The predicted molar refractivity (Wildman–Crippen MR) is 53.2 cm³/mol. The van der Waals surface area contributed by atoms with Crippen molar-refractivity contribution >= 4 is 11.4 Å². The molecule has 2 rings (SSSR count). The third-order valence-electron chi connectivity index (χ3n) is 2.47. The molecule has 0 N–H and O–H groups in total. The van der Waals surface area contributed by atoms with Crippen LogP contribution in [0.1, 0.15) is 18.9 Å². The number of carbonyl (C=O) groups excluding carboxylic acids is 1. The summed E-state index contributed by atoms with van der Waals surface area (Å²) in [4.78, 5) is 11.3. The van der Waals surface area contributed by atoms with Crippen LogP contribution in [0.3, 0.4) is 0 Å². The maximum atomic E-state index is 11.3. The largest absolute Gasteiger partial charge is 0.295 e. The molecular formula is C12H12O. The van der Waals surface area contributed by atoms with Crippen LogP contribution >= 0.6 is 0 Å². The maximum absolute atomic E-state index is 11.3. The second-order valence-electron chi connectivity index (χ2n) is 3.54. The SMILES string of the molecule is C[C@@H]1CC(c2ccccc2)=CC1=O. The third kappa shape index (κ3) is 1.55. The van der Waals surface area contributed by atoms with E-state index in [1.807, 2.05) is 25.1 Å². The van der Waals surface area contributed by atoms with Crippen molar-refractivity contribution in [2.24, 2.45) is 5.92 Å². The molecule has 0 bridgehead atoms. The molecule has 0 unspecified atom stereocenters. The molecule has 0 saturated carbocycles. The van der Waals surface area contributed by atoms with E-state index < -0.39 is 0 Å². The van der Waals surface area contributed by atoms with E-state index in [0.29, 0.717) is 0 Å². The Balaban J connectivity index is 2.30. The van der Waals surface area contributed by atoms with Gasteiger partial charge >= 0.3 is 0 Å². The first kappa shape index (κ1) is 8.24. The lowest BCUT2D eigenvalue weighted by molar-refractivity contribution is -0.116. The fraction of sp³-hybridized carbons (Fsp3) is 0.250. The summed E-state index contributed by atoms with van der Waals surface area (Å²) in [5, 5.41) is 0. The summed E-state index contributed by atoms with van der Waals surface area (Å²) in [7, 11) is 0. The molecule has 0 radical (unpaired) electrons. The van der Waals surface area contributed by atoms with Gasteiger partial charge in [0.2, 0.25) is 0 Å². The Morgan fingerprint density at radius 3 is 2.46 bits per heavy atom. The fourth-order valence-corrected chi connectivity index (χ4v) is 1.66. The van der Waals surface area contributed by atoms with E-state index in [0.717, 1.165) is 6.42 Å². The average molecular weight is 172 g/mol. The van der Waals surface area contributed by atoms with Crippen molar-refractivity contribution in [2.45, 2.75) is 13.3 Å². The van der Waals surface area contributed by atoms with Crippen LogP contribution in [0, 0.1) is 5.92 Å². The van der Waals surface area contributed by atoms with E-state index in [1.165, 1.54) is 11.1 Å². The summed E-state index contributed by atoms with van der Waals surface area (Å²) in [6.45, 7) is 1.98. The predicted octanol–water partition coefficient (Wildman–Crippen LogP) is 2.68. The molecule has 1 heteroatoms. The minimum absolute atomic E-state index is 0.176. The molecule has 0 heterocycles. The Kier molecular flexibility index (Phi) is 2.01. The molecule has 0 fully saturated rings. The smallest absolute Gasteiger partial charge is 0.159 e. The van der Waals surface area contributed by atoms with Gasteiger partial charge in [-0.05, 0) is 23.6 Å². The minimum Gasteiger partial charge on any atom is -0.295 e. The molecule has 1 aliphatic carbocycles. The van der Waals surface area contributed by atoms with Gasteiger partial charge in [0.15, 0.2) is 5.78 Å². The zero-order valence-corrected chi connectivity index (χ0v) is 7.66. The van der Waals surface area contributed by atoms with Crippen LogP contribution in [-0.2, 0) is 4.79 Å². The Labute approximate surface area is 78.1 Å². The molecular weight excluding hydrogens is 160 g/mol. The van der Waals surface area contributed by atoms with Crippen LogP contribution in [-0.4, -0.2) is 5.78 Å². The summed E-state index contributed by atoms with van der Waals surface area (Å²) in [5.41, 5.74) is 2.36. The summed E-state index contributed by atoms with van der Waals surface area (Å²) in [6, 6.07) is 10.1. The van der Waals surface area contributed by atoms with E-state index in [-0.39, 0.29) is 11.7 Å². The molecule has 0 aliphatic heterocycles. The standard InChI is InChI=1S/C12H12O/c1-9-7-11(8-12(9)13)10-5-3-2-4-6-10/h2-6,8-9H,7H2,1H3/t9-/m1/s1. The summed E-state index contributed by atoms with van der Waals surface area (Å²) in [5.74, 6) is 0.439. The molecule has 13 heavy (non-hydrogen) atoms. The fourth-order valence-electron chi connectivity index (χ4n) is 1.66. The Hall–Kier alpha value is -1.37. The van der Waals surface area contributed by atoms with Crippen molar-refractivity contribution in [1.29, 1.82) is 0 Å². The molecule has 0 spiro atoms. The van der Waals surface area contributed by atoms with Crippen LogP contribution < -0.4 is 0 Å². The molecule has 1 atom stereocenters. The Morgan fingerprint density at radius 1 is 1.23 bits per heavy atom. The van der Waals surface area contributed by atoms with Gasteiger partial charge in [0, 0.05) is 5.92 Å². The van der Waals surface area contributed by atoms with Crippen molar-refractivity contribution in [2.75, 3.05) is 0 Å². The van der Waals surface area contributed by atoms with Gasteiger partial charge in [-0.15, -0.1) is 0 Å². The van der Waals surface area contributed by atoms with E-state index in [2.05, 4.69) is 12.1 Å². The number of benzene rings is 1. The molecule has 0 saturated heterocycles. The van der Waals surface area contributed by atoms with Gasteiger partial charge in [0.05, 0.1) is 0 Å². The molecule has 1 aromatic rings. The van der Waals surface area contributed by atoms with Crippen molar-refractivity contribution < 1.29 is 4.79 Å².